The van der Waals surface area contributed by atoms with Crippen molar-refractivity contribution >= 4 is 35.6 Å². The number of rotatable bonds is 6. The van der Waals surface area contributed by atoms with Gasteiger partial charge in [-0.3, -0.25) is 15.1 Å². The largest absolute Gasteiger partial charge is 0.356 e. The van der Waals surface area contributed by atoms with Gasteiger partial charge in [-0.2, -0.15) is 0 Å². The van der Waals surface area contributed by atoms with E-state index < -0.39 is 4.92 Å². The van der Waals surface area contributed by atoms with Gasteiger partial charge < -0.3 is 10.6 Å². The van der Waals surface area contributed by atoms with E-state index in [0.29, 0.717) is 19.0 Å². The Morgan fingerprint density at radius 3 is 2.24 bits per heavy atom. The minimum Gasteiger partial charge on any atom is -0.356 e. The number of aliphatic imine (C=N–C) groups is 1. The van der Waals surface area contributed by atoms with Crippen molar-refractivity contribution in [2.45, 2.75) is 13.0 Å². The van der Waals surface area contributed by atoms with Crippen LogP contribution in [0.5, 0.6) is 0 Å². The predicted octanol–water partition coefficient (Wildman–Crippen LogP) is 3.26. The Kier molecular flexibility index (Phi) is 8.82. The molecule has 0 aliphatic carbocycles. The van der Waals surface area contributed by atoms with Crippen molar-refractivity contribution < 1.29 is 9.31 Å². The standard InChI is InChI=1S/C17H19FN4O2.HI/c1-19-17(20-11-10-13-2-6-15(18)7-3-13)21-12-14-4-8-16(9-5-14)22(23)24;/h2-9H,10-12H2,1H3,(H2,19,20,21);1H. The molecule has 2 aromatic carbocycles. The van der Waals surface area contributed by atoms with Crippen LogP contribution in [0, 0.1) is 15.9 Å². The van der Waals surface area contributed by atoms with Gasteiger partial charge in [0.25, 0.3) is 5.69 Å². The summed E-state index contributed by atoms with van der Waals surface area (Å²) in [5, 5.41) is 16.9. The van der Waals surface area contributed by atoms with Gasteiger partial charge in [-0.05, 0) is 29.7 Å². The zero-order chi connectivity index (χ0) is 17.4. The van der Waals surface area contributed by atoms with Crippen LogP contribution in [-0.2, 0) is 13.0 Å². The molecule has 0 saturated heterocycles. The van der Waals surface area contributed by atoms with Crippen LogP contribution >= 0.6 is 24.0 Å². The second-order valence-electron chi connectivity index (χ2n) is 5.15. The first-order valence-electron chi connectivity index (χ1n) is 7.51. The second kappa shape index (κ2) is 10.6. The third-order valence-electron chi connectivity index (χ3n) is 3.45. The normalized spacial score (nSPS) is 10.7. The summed E-state index contributed by atoms with van der Waals surface area (Å²) in [7, 11) is 1.67. The SMILES string of the molecule is CN=C(NCCc1ccc(F)cc1)NCc1ccc([N+](=O)[O-])cc1.I. The molecule has 0 aliphatic rings. The number of non-ortho nitro benzene ring substituents is 1. The van der Waals surface area contributed by atoms with Crippen molar-refractivity contribution in [1.82, 2.24) is 10.6 Å². The molecule has 0 spiro atoms. The lowest BCUT2D eigenvalue weighted by Gasteiger charge is -2.12. The van der Waals surface area contributed by atoms with E-state index in [9.17, 15) is 14.5 Å². The van der Waals surface area contributed by atoms with Gasteiger partial charge in [0, 0.05) is 32.3 Å². The maximum Gasteiger partial charge on any atom is 0.269 e. The van der Waals surface area contributed by atoms with E-state index in [0.717, 1.165) is 17.5 Å². The quantitative estimate of drug-likeness (QED) is 0.229. The van der Waals surface area contributed by atoms with E-state index in [1.54, 1.807) is 31.3 Å². The number of nitrogens with zero attached hydrogens (tertiary/aromatic N) is 2. The second-order valence-corrected chi connectivity index (χ2v) is 5.15. The molecule has 0 aromatic heterocycles. The van der Waals surface area contributed by atoms with Crippen LogP contribution in [0.4, 0.5) is 10.1 Å². The highest BCUT2D eigenvalue weighted by Crippen LogP contribution is 2.11. The summed E-state index contributed by atoms with van der Waals surface area (Å²) in [6.07, 6.45) is 0.749. The summed E-state index contributed by atoms with van der Waals surface area (Å²) in [6.45, 7) is 1.17. The molecule has 6 nitrogen and oxygen atoms in total. The molecule has 0 unspecified atom stereocenters. The number of halogens is 2. The van der Waals surface area contributed by atoms with Gasteiger partial charge in [-0.1, -0.05) is 24.3 Å². The first-order chi connectivity index (χ1) is 11.6. The third-order valence-corrected chi connectivity index (χ3v) is 3.45. The Morgan fingerprint density at radius 2 is 1.68 bits per heavy atom. The van der Waals surface area contributed by atoms with Crippen LogP contribution < -0.4 is 10.6 Å². The molecule has 0 atom stereocenters. The summed E-state index contributed by atoms with van der Waals surface area (Å²) in [5.41, 5.74) is 2.03. The van der Waals surface area contributed by atoms with Crippen LogP contribution in [0.25, 0.3) is 0 Å². The van der Waals surface area contributed by atoms with Gasteiger partial charge in [0.15, 0.2) is 5.96 Å². The Labute approximate surface area is 162 Å². The van der Waals surface area contributed by atoms with Gasteiger partial charge in [-0.25, -0.2) is 4.39 Å². The highest BCUT2D eigenvalue weighted by Gasteiger charge is 2.04. The molecule has 134 valence electrons. The average molecular weight is 458 g/mol. The zero-order valence-electron chi connectivity index (χ0n) is 13.7. The molecule has 2 N–H and O–H groups in total. The summed E-state index contributed by atoms with van der Waals surface area (Å²) >= 11 is 0. The Balaban J connectivity index is 0.00000312. The van der Waals surface area contributed by atoms with Crippen LogP contribution in [0.3, 0.4) is 0 Å². The highest BCUT2D eigenvalue weighted by molar-refractivity contribution is 14.0. The van der Waals surface area contributed by atoms with Crippen molar-refractivity contribution in [3.8, 4) is 0 Å². The molecular formula is C17H20FIN4O2. The van der Waals surface area contributed by atoms with Gasteiger partial charge >= 0.3 is 0 Å². The lowest BCUT2D eigenvalue weighted by Crippen LogP contribution is -2.37. The van der Waals surface area contributed by atoms with Gasteiger partial charge in [0.1, 0.15) is 5.82 Å². The van der Waals surface area contributed by atoms with Crippen LogP contribution in [0.15, 0.2) is 53.5 Å². The maximum absolute atomic E-state index is 12.8. The predicted molar refractivity (Wildman–Crippen MR) is 107 cm³/mol. The van der Waals surface area contributed by atoms with E-state index >= 15 is 0 Å². The van der Waals surface area contributed by atoms with Gasteiger partial charge in [0.05, 0.1) is 4.92 Å². The highest BCUT2D eigenvalue weighted by atomic mass is 127. The molecule has 25 heavy (non-hydrogen) atoms. The fourth-order valence-corrected chi connectivity index (χ4v) is 2.12. The fraction of sp³-hybridized carbons (Fsp3) is 0.235. The van der Waals surface area contributed by atoms with Crippen molar-refractivity contribution in [2.75, 3.05) is 13.6 Å². The summed E-state index contributed by atoms with van der Waals surface area (Å²) < 4.78 is 12.8. The monoisotopic (exact) mass is 458 g/mol. The number of nitro benzene ring substituents is 1. The maximum atomic E-state index is 12.8. The molecule has 2 rings (SSSR count). The number of hydrogen-bond donors (Lipinski definition) is 2. The molecule has 0 fully saturated rings. The van der Waals surface area contributed by atoms with Gasteiger partial charge in [-0.15, -0.1) is 24.0 Å². The first-order valence-corrected chi connectivity index (χ1v) is 7.51. The van der Waals surface area contributed by atoms with E-state index in [4.69, 9.17) is 0 Å². The number of guanidine groups is 1. The van der Waals surface area contributed by atoms with Crippen molar-refractivity contribution in [3.63, 3.8) is 0 Å². The van der Waals surface area contributed by atoms with Crippen LogP contribution in [0.1, 0.15) is 11.1 Å². The molecular weight excluding hydrogens is 438 g/mol. The van der Waals surface area contributed by atoms with Crippen LogP contribution in [-0.4, -0.2) is 24.5 Å². The summed E-state index contributed by atoms with van der Waals surface area (Å²) in [6, 6.07) is 12.7. The smallest absolute Gasteiger partial charge is 0.269 e. The van der Waals surface area contributed by atoms with E-state index in [1.165, 1.54) is 24.3 Å². The lowest BCUT2D eigenvalue weighted by molar-refractivity contribution is -0.384. The Bertz CT molecular complexity index is 706. The van der Waals surface area contributed by atoms with E-state index in [-0.39, 0.29) is 35.5 Å². The molecule has 0 aliphatic heterocycles. The number of nitrogens with one attached hydrogen (secondary N) is 2. The Hall–Kier alpha value is -2.23. The Morgan fingerprint density at radius 1 is 1.08 bits per heavy atom. The minimum absolute atomic E-state index is 0. The van der Waals surface area contributed by atoms with E-state index in [2.05, 4.69) is 15.6 Å². The van der Waals surface area contributed by atoms with Crippen molar-refractivity contribution in [3.05, 3.63) is 75.6 Å². The minimum atomic E-state index is -0.423. The summed E-state index contributed by atoms with van der Waals surface area (Å²) in [5.74, 6) is 0.391. The molecule has 0 amide bonds. The third kappa shape index (κ3) is 7.04. The average Bonchev–Trinajstić information content (AvgIpc) is 2.60. The zero-order valence-corrected chi connectivity index (χ0v) is 16.1. The molecule has 0 heterocycles. The topological polar surface area (TPSA) is 79.6 Å². The van der Waals surface area contributed by atoms with E-state index in [1.807, 2.05) is 0 Å². The van der Waals surface area contributed by atoms with Gasteiger partial charge in [0.2, 0.25) is 0 Å². The fourth-order valence-electron chi connectivity index (χ4n) is 2.12. The van der Waals surface area contributed by atoms with Crippen molar-refractivity contribution in [2.24, 2.45) is 4.99 Å². The molecule has 2 aromatic rings. The molecule has 0 radical (unpaired) electrons. The number of benzene rings is 2. The first kappa shape index (κ1) is 20.8. The number of nitro groups is 1. The lowest BCUT2D eigenvalue weighted by atomic mass is 10.1. The molecule has 0 saturated carbocycles. The molecule has 0 bridgehead atoms. The van der Waals surface area contributed by atoms with Crippen molar-refractivity contribution in [1.29, 1.82) is 0 Å². The van der Waals surface area contributed by atoms with Crippen LogP contribution in [0.2, 0.25) is 0 Å². The molecule has 8 heteroatoms. The summed E-state index contributed by atoms with van der Waals surface area (Å²) in [4.78, 5) is 14.3. The number of hydrogen-bond acceptors (Lipinski definition) is 3.